The third kappa shape index (κ3) is 5.68. The van der Waals surface area contributed by atoms with Gasteiger partial charge >= 0.3 is 0 Å². The van der Waals surface area contributed by atoms with Gasteiger partial charge in [0.15, 0.2) is 13.1 Å². The lowest BCUT2D eigenvalue weighted by Crippen LogP contribution is -3.28. The number of carbonyl (C=O) groups is 2. The highest BCUT2D eigenvalue weighted by Crippen LogP contribution is 2.19. The van der Waals surface area contributed by atoms with Gasteiger partial charge in [-0.25, -0.2) is 0 Å². The Morgan fingerprint density at radius 2 is 0.967 bits per heavy atom. The van der Waals surface area contributed by atoms with Crippen LogP contribution >= 0.6 is 0 Å². The van der Waals surface area contributed by atoms with Crippen molar-refractivity contribution in [2.75, 3.05) is 49.9 Å². The molecule has 0 aliphatic carbocycles. The Morgan fingerprint density at radius 3 is 1.27 bits per heavy atom. The number of para-hydroxylation sites is 2. The van der Waals surface area contributed by atoms with Crippen LogP contribution < -0.4 is 20.4 Å². The van der Waals surface area contributed by atoms with E-state index in [4.69, 9.17) is 0 Å². The second-order valence-corrected chi connectivity index (χ2v) is 8.48. The second kappa shape index (κ2) is 9.87. The number of hydrogen-bond donors (Lipinski definition) is 4. The number of anilines is 2. The molecule has 2 amide bonds. The molecule has 160 valence electrons. The largest absolute Gasteiger partial charge is 0.321 e. The van der Waals surface area contributed by atoms with E-state index in [9.17, 15) is 9.59 Å². The third-order valence-corrected chi connectivity index (χ3v) is 5.98. The first-order valence-corrected chi connectivity index (χ1v) is 10.7. The Hall–Kier alpha value is -2.70. The van der Waals surface area contributed by atoms with Crippen LogP contribution in [0, 0.1) is 27.7 Å². The fraction of sp³-hybridized carbons (Fsp3) is 0.417. The minimum atomic E-state index is 0.0543. The predicted molar refractivity (Wildman–Crippen MR) is 120 cm³/mol. The first-order valence-electron chi connectivity index (χ1n) is 10.7. The number of rotatable bonds is 6. The van der Waals surface area contributed by atoms with Gasteiger partial charge in [0.1, 0.15) is 26.2 Å². The minimum Gasteiger partial charge on any atom is -0.321 e. The predicted octanol–water partition coefficient (Wildman–Crippen LogP) is 0.281. The smallest absolute Gasteiger partial charge is 0.279 e. The summed E-state index contributed by atoms with van der Waals surface area (Å²) >= 11 is 0. The molecule has 0 unspecified atom stereocenters. The maximum atomic E-state index is 12.5. The fourth-order valence-corrected chi connectivity index (χ4v) is 4.16. The Balaban J connectivity index is 1.44. The van der Waals surface area contributed by atoms with Crippen molar-refractivity contribution in [3.05, 3.63) is 58.7 Å². The van der Waals surface area contributed by atoms with Crippen LogP contribution in [0.5, 0.6) is 0 Å². The molecule has 1 fully saturated rings. The van der Waals surface area contributed by atoms with E-state index >= 15 is 0 Å². The van der Waals surface area contributed by atoms with Crippen molar-refractivity contribution in [1.29, 1.82) is 0 Å². The highest BCUT2D eigenvalue weighted by molar-refractivity contribution is 5.93. The molecule has 0 radical (unpaired) electrons. The number of benzene rings is 2. The van der Waals surface area contributed by atoms with Gasteiger partial charge in [-0.05, 0) is 49.9 Å². The SMILES string of the molecule is Cc1cccc(C)c1NC(=O)C[NH+]1CC[NH+](CC(=O)Nc2c(C)cccc2C)CC1. The molecule has 3 rings (SSSR count). The van der Waals surface area contributed by atoms with Gasteiger partial charge in [-0.2, -0.15) is 0 Å². The summed E-state index contributed by atoms with van der Waals surface area (Å²) in [6.45, 7) is 12.6. The molecule has 0 bridgehead atoms. The van der Waals surface area contributed by atoms with Crippen LogP contribution in [0.2, 0.25) is 0 Å². The van der Waals surface area contributed by atoms with E-state index in [0.29, 0.717) is 13.1 Å². The van der Waals surface area contributed by atoms with Gasteiger partial charge in [-0.15, -0.1) is 0 Å². The number of quaternary nitrogens is 2. The zero-order chi connectivity index (χ0) is 21.7. The Labute approximate surface area is 179 Å². The number of amides is 2. The molecule has 1 aliphatic rings. The molecule has 6 nitrogen and oxygen atoms in total. The van der Waals surface area contributed by atoms with Crippen LogP contribution in [0.15, 0.2) is 36.4 Å². The Kier molecular flexibility index (Phi) is 7.24. The Bertz CT molecular complexity index is 801. The van der Waals surface area contributed by atoms with Crippen LogP contribution in [0.4, 0.5) is 11.4 Å². The molecule has 0 saturated carbocycles. The van der Waals surface area contributed by atoms with Gasteiger partial charge < -0.3 is 20.4 Å². The average Bonchev–Trinajstić information content (AvgIpc) is 2.69. The second-order valence-electron chi connectivity index (χ2n) is 8.48. The highest BCUT2D eigenvalue weighted by Gasteiger charge is 2.26. The lowest BCUT2D eigenvalue weighted by atomic mass is 10.1. The summed E-state index contributed by atoms with van der Waals surface area (Å²) in [5.41, 5.74) is 6.19. The minimum absolute atomic E-state index is 0.0543. The van der Waals surface area contributed by atoms with E-state index in [0.717, 1.165) is 59.8 Å². The van der Waals surface area contributed by atoms with E-state index in [1.807, 2.05) is 64.1 Å². The van der Waals surface area contributed by atoms with Crippen molar-refractivity contribution in [2.24, 2.45) is 0 Å². The molecule has 1 heterocycles. The summed E-state index contributed by atoms with van der Waals surface area (Å²) in [4.78, 5) is 27.6. The number of aryl methyl sites for hydroxylation is 4. The van der Waals surface area contributed by atoms with Crippen LogP contribution in [0.3, 0.4) is 0 Å². The third-order valence-electron chi connectivity index (χ3n) is 5.98. The lowest BCUT2D eigenvalue weighted by molar-refractivity contribution is -1.00. The summed E-state index contributed by atoms with van der Waals surface area (Å²) in [5, 5.41) is 6.15. The molecule has 4 N–H and O–H groups in total. The molecule has 2 aromatic carbocycles. The molecule has 1 aliphatic heterocycles. The molecule has 6 heteroatoms. The van der Waals surface area contributed by atoms with Crippen LogP contribution in [-0.2, 0) is 9.59 Å². The monoisotopic (exact) mass is 410 g/mol. The van der Waals surface area contributed by atoms with Crippen molar-refractivity contribution >= 4 is 23.2 Å². The van der Waals surface area contributed by atoms with Gasteiger partial charge in [0.05, 0.1) is 0 Å². The summed E-state index contributed by atoms with van der Waals surface area (Å²) in [5.74, 6) is 0.109. The number of hydrogen-bond acceptors (Lipinski definition) is 2. The van der Waals surface area contributed by atoms with E-state index in [2.05, 4.69) is 10.6 Å². The quantitative estimate of drug-likeness (QED) is 0.553. The van der Waals surface area contributed by atoms with Crippen molar-refractivity contribution in [3.63, 3.8) is 0 Å². The van der Waals surface area contributed by atoms with Crippen molar-refractivity contribution in [1.82, 2.24) is 0 Å². The standard InChI is InChI=1S/C24H32N4O2/c1-17-7-5-8-18(2)23(17)25-21(29)15-27-11-13-28(14-12-27)16-22(30)26-24-19(3)9-6-10-20(24)4/h5-10H,11-16H2,1-4H3,(H,25,29)(H,26,30)/p+2. The maximum Gasteiger partial charge on any atom is 0.279 e. The van der Waals surface area contributed by atoms with Crippen LogP contribution in [-0.4, -0.2) is 51.1 Å². The van der Waals surface area contributed by atoms with E-state index in [-0.39, 0.29) is 11.8 Å². The summed E-state index contributed by atoms with van der Waals surface area (Å²) in [6.07, 6.45) is 0. The molecule has 0 atom stereocenters. The maximum absolute atomic E-state index is 12.5. The number of piperazine rings is 1. The van der Waals surface area contributed by atoms with Gasteiger partial charge in [0.2, 0.25) is 0 Å². The normalized spacial score (nSPS) is 18.7. The van der Waals surface area contributed by atoms with Gasteiger partial charge in [-0.3, -0.25) is 9.59 Å². The van der Waals surface area contributed by atoms with Gasteiger partial charge in [0.25, 0.3) is 11.8 Å². The zero-order valence-electron chi connectivity index (χ0n) is 18.5. The van der Waals surface area contributed by atoms with Gasteiger partial charge in [-0.1, -0.05) is 36.4 Å². The molecular weight excluding hydrogens is 376 g/mol. The molecule has 0 spiro atoms. The fourth-order valence-electron chi connectivity index (χ4n) is 4.16. The zero-order valence-corrected chi connectivity index (χ0v) is 18.5. The van der Waals surface area contributed by atoms with E-state index < -0.39 is 0 Å². The molecule has 0 aromatic heterocycles. The summed E-state index contributed by atoms with van der Waals surface area (Å²) in [6, 6.07) is 12.1. The van der Waals surface area contributed by atoms with Crippen LogP contribution in [0.25, 0.3) is 0 Å². The lowest BCUT2D eigenvalue weighted by Gasteiger charge is -2.29. The molecule has 1 saturated heterocycles. The number of nitrogens with one attached hydrogen (secondary N) is 4. The molecule has 2 aromatic rings. The average molecular weight is 411 g/mol. The Morgan fingerprint density at radius 1 is 0.667 bits per heavy atom. The van der Waals surface area contributed by atoms with Crippen LogP contribution in [0.1, 0.15) is 22.3 Å². The molecular formula is C24H34N4O2+2. The van der Waals surface area contributed by atoms with E-state index in [1.165, 1.54) is 9.80 Å². The topological polar surface area (TPSA) is 67.1 Å². The van der Waals surface area contributed by atoms with Crippen molar-refractivity contribution in [2.45, 2.75) is 27.7 Å². The summed E-state index contributed by atoms with van der Waals surface area (Å²) in [7, 11) is 0. The van der Waals surface area contributed by atoms with Crippen molar-refractivity contribution in [3.8, 4) is 0 Å². The highest BCUT2D eigenvalue weighted by atomic mass is 16.2. The summed E-state index contributed by atoms with van der Waals surface area (Å²) < 4.78 is 0. The van der Waals surface area contributed by atoms with E-state index in [1.54, 1.807) is 0 Å². The number of carbonyl (C=O) groups excluding carboxylic acids is 2. The first kappa shape index (κ1) is 22.0. The van der Waals surface area contributed by atoms with Gasteiger partial charge in [0, 0.05) is 11.4 Å². The molecule has 30 heavy (non-hydrogen) atoms. The first-order chi connectivity index (χ1) is 14.3. The van der Waals surface area contributed by atoms with Crippen molar-refractivity contribution < 1.29 is 19.4 Å².